The fourth-order valence-corrected chi connectivity index (χ4v) is 3.25. The molecule has 2 aromatic heterocycles. The molecule has 1 N–H and O–H groups in total. The summed E-state index contributed by atoms with van der Waals surface area (Å²) in [4.78, 5) is 32.8. The molecule has 2 heterocycles. The van der Waals surface area contributed by atoms with Crippen LogP contribution >= 0.6 is 11.3 Å². The normalized spacial score (nSPS) is 11.9. The van der Waals surface area contributed by atoms with Crippen molar-refractivity contribution in [1.82, 2.24) is 9.97 Å². The number of amides is 1. The summed E-state index contributed by atoms with van der Waals surface area (Å²) >= 11 is 1.39. The number of carbonyl (C=O) groups excluding carboxylic acids is 2. The van der Waals surface area contributed by atoms with Crippen molar-refractivity contribution in [3.05, 3.63) is 53.9 Å². The molecule has 6 nitrogen and oxygen atoms in total. The second kappa shape index (κ2) is 7.40. The molecule has 0 aliphatic heterocycles. The molecule has 3 aromatic rings. The number of benzene rings is 1. The molecule has 0 saturated carbocycles. The number of fused-ring (bicyclic) bond motifs is 1. The van der Waals surface area contributed by atoms with E-state index in [9.17, 15) is 9.59 Å². The number of hydrogen-bond donors (Lipinski definition) is 1. The standard InChI is InChI=1S/C18H17N3O3S/c1-3-14(24-17(23)12-6-8-19-9-7-12)16(22)21-18-20-13-5-4-11(2)10-15(13)25-18/h4-10,14H,3H2,1-2H3,(H,20,21,22). The number of pyridine rings is 1. The Hall–Kier alpha value is -2.80. The first-order chi connectivity index (χ1) is 12.1. The summed E-state index contributed by atoms with van der Waals surface area (Å²) in [5.41, 5.74) is 2.32. The molecule has 3 rings (SSSR count). The van der Waals surface area contributed by atoms with Crippen molar-refractivity contribution < 1.29 is 14.3 Å². The lowest BCUT2D eigenvalue weighted by Crippen LogP contribution is -2.32. The molecule has 1 amide bonds. The Morgan fingerprint density at radius 3 is 2.72 bits per heavy atom. The van der Waals surface area contributed by atoms with Crippen LogP contribution in [0.1, 0.15) is 29.3 Å². The number of hydrogen-bond acceptors (Lipinski definition) is 6. The van der Waals surface area contributed by atoms with E-state index in [2.05, 4.69) is 15.3 Å². The van der Waals surface area contributed by atoms with Crippen LogP contribution in [0.4, 0.5) is 5.13 Å². The van der Waals surface area contributed by atoms with Crippen LogP contribution in [0.25, 0.3) is 10.2 Å². The zero-order valence-electron chi connectivity index (χ0n) is 13.9. The number of ether oxygens (including phenoxy) is 1. The monoisotopic (exact) mass is 355 g/mol. The molecule has 0 aliphatic rings. The minimum absolute atomic E-state index is 0.358. The van der Waals surface area contributed by atoms with Gasteiger partial charge in [-0.15, -0.1) is 0 Å². The van der Waals surface area contributed by atoms with Crippen LogP contribution in [0.5, 0.6) is 0 Å². The predicted octanol–water partition coefficient (Wildman–Crippen LogP) is 3.57. The van der Waals surface area contributed by atoms with Crippen molar-refractivity contribution in [2.75, 3.05) is 5.32 Å². The van der Waals surface area contributed by atoms with Gasteiger partial charge in [0.05, 0.1) is 15.8 Å². The molecule has 0 bridgehead atoms. The second-order valence-corrected chi connectivity index (χ2v) is 6.55. The van der Waals surface area contributed by atoms with Gasteiger partial charge in [0.2, 0.25) is 0 Å². The maximum Gasteiger partial charge on any atom is 0.339 e. The molecule has 25 heavy (non-hydrogen) atoms. The Kier molecular flexibility index (Phi) is 5.04. The average molecular weight is 355 g/mol. The van der Waals surface area contributed by atoms with Crippen molar-refractivity contribution in [3.63, 3.8) is 0 Å². The maximum absolute atomic E-state index is 12.4. The molecular weight excluding hydrogens is 338 g/mol. The minimum Gasteiger partial charge on any atom is -0.449 e. The second-order valence-electron chi connectivity index (χ2n) is 5.52. The third-order valence-corrected chi connectivity index (χ3v) is 4.54. The van der Waals surface area contributed by atoms with Crippen molar-refractivity contribution in [3.8, 4) is 0 Å². The van der Waals surface area contributed by atoms with Crippen LogP contribution in [-0.2, 0) is 9.53 Å². The van der Waals surface area contributed by atoms with Gasteiger partial charge in [-0.2, -0.15) is 0 Å². The summed E-state index contributed by atoms with van der Waals surface area (Å²) in [6.45, 7) is 3.79. The first kappa shape index (κ1) is 17.0. The largest absolute Gasteiger partial charge is 0.449 e. The highest BCUT2D eigenvalue weighted by atomic mass is 32.1. The van der Waals surface area contributed by atoms with Gasteiger partial charge in [0.1, 0.15) is 0 Å². The fraction of sp³-hybridized carbons (Fsp3) is 0.222. The van der Waals surface area contributed by atoms with E-state index < -0.39 is 12.1 Å². The van der Waals surface area contributed by atoms with Gasteiger partial charge in [-0.25, -0.2) is 9.78 Å². The number of thiazole rings is 1. The number of nitrogens with one attached hydrogen (secondary N) is 1. The lowest BCUT2D eigenvalue weighted by molar-refractivity contribution is -0.124. The van der Waals surface area contributed by atoms with Crippen molar-refractivity contribution in [2.24, 2.45) is 0 Å². The maximum atomic E-state index is 12.4. The zero-order chi connectivity index (χ0) is 17.8. The number of aromatic nitrogens is 2. The Labute approximate surface area is 148 Å². The number of anilines is 1. The van der Waals surface area contributed by atoms with Crippen LogP contribution in [0.2, 0.25) is 0 Å². The molecule has 1 aromatic carbocycles. The average Bonchev–Trinajstić information content (AvgIpc) is 3.01. The molecule has 0 saturated heterocycles. The van der Waals surface area contributed by atoms with Crippen LogP contribution in [-0.4, -0.2) is 27.9 Å². The first-order valence-corrected chi connectivity index (χ1v) is 8.67. The van der Waals surface area contributed by atoms with Crippen LogP contribution in [0.15, 0.2) is 42.7 Å². The van der Waals surface area contributed by atoms with E-state index in [-0.39, 0.29) is 5.91 Å². The molecule has 128 valence electrons. The van der Waals surface area contributed by atoms with E-state index in [1.807, 2.05) is 25.1 Å². The van der Waals surface area contributed by atoms with Gasteiger partial charge < -0.3 is 4.74 Å². The van der Waals surface area contributed by atoms with Gasteiger partial charge in [-0.1, -0.05) is 24.3 Å². The molecule has 0 aliphatic carbocycles. The van der Waals surface area contributed by atoms with Gasteiger partial charge in [0.15, 0.2) is 11.2 Å². The van der Waals surface area contributed by atoms with Crippen molar-refractivity contribution >= 4 is 38.6 Å². The summed E-state index contributed by atoms with van der Waals surface area (Å²) in [6.07, 6.45) is 2.49. The van der Waals surface area contributed by atoms with E-state index in [0.717, 1.165) is 15.8 Å². The number of carbonyl (C=O) groups is 2. The lowest BCUT2D eigenvalue weighted by atomic mass is 10.2. The first-order valence-electron chi connectivity index (χ1n) is 7.86. The molecule has 0 fully saturated rings. The molecular formula is C18H17N3O3S. The summed E-state index contributed by atoms with van der Waals surface area (Å²) in [7, 11) is 0. The Morgan fingerprint density at radius 1 is 1.24 bits per heavy atom. The third-order valence-electron chi connectivity index (χ3n) is 3.60. The van der Waals surface area contributed by atoms with Gasteiger partial charge in [0, 0.05) is 12.4 Å². The number of nitrogens with zero attached hydrogens (tertiary/aromatic N) is 2. The number of aryl methyl sites for hydroxylation is 1. The smallest absolute Gasteiger partial charge is 0.339 e. The molecule has 0 radical (unpaired) electrons. The van der Waals surface area contributed by atoms with Crippen LogP contribution in [0.3, 0.4) is 0 Å². The van der Waals surface area contributed by atoms with Crippen LogP contribution < -0.4 is 5.32 Å². The van der Waals surface area contributed by atoms with Crippen molar-refractivity contribution in [1.29, 1.82) is 0 Å². The van der Waals surface area contributed by atoms with E-state index in [4.69, 9.17) is 4.74 Å². The Bertz CT molecular complexity index is 908. The van der Waals surface area contributed by atoms with Gasteiger partial charge in [0.25, 0.3) is 5.91 Å². The SMILES string of the molecule is CCC(OC(=O)c1ccncc1)C(=O)Nc1nc2ccc(C)cc2s1. The molecule has 1 atom stereocenters. The summed E-state index contributed by atoms with van der Waals surface area (Å²) in [5.74, 6) is -0.940. The van der Waals surface area contributed by atoms with E-state index in [1.54, 1.807) is 19.1 Å². The van der Waals surface area contributed by atoms with Crippen molar-refractivity contribution in [2.45, 2.75) is 26.4 Å². The van der Waals surface area contributed by atoms with E-state index in [0.29, 0.717) is 17.1 Å². The highest BCUT2D eigenvalue weighted by molar-refractivity contribution is 7.22. The highest BCUT2D eigenvalue weighted by Crippen LogP contribution is 2.27. The Balaban J connectivity index is 1.70. The summed E-state index contributed by atoms with van der Waals surface area (Å²) in [6, 6.07) is 8.99. The fourth-order valence-electron chi connectivity index (χ4n) is 2.28. The number of rotatable bonds is 5. The van der Waals surface area contributed by atoms with Gasteiger partial charge in [-0.05, 0) is 43.2 Å². The third kappa shape index (κ3) is 4.00. The number of esters is 1. The van der Waals surface area contributed by atoms with Crippen LogP contribution in [0, 0.1) is 6.92 Å². The van der Waals surface area contributed by atoms with E-state index in [1.165, 1.54) is 23.7 Å². The summed E-state index contributed by atoms with van der Waals surface area (Å²) in [5, 5.41) is 3.23. The van der Waals surface area contributed by atoms with Gasteiger partial charge >= 0.3 is 5.97 Å². The Morgan fingerprint density at radius 2 is 2.00 bits per heavy atom. The summed E-state index contributed by atoms with van der Waals surface area (Å²) < 4.78 is 6.31. The van der Waals surface area contributed by atoms with Gasteiger partial charge in [-0.3, -0.25) is 15.1 Å². The van der Waals surface area contributed by atoms with E-state index >= 15 is 0 Å². The zero-order valence-corrected chi connectivity index (χ0v) is 14.7. The predicted molar refractivity (Wildman–Crippen MR) is 96.7 cm³/mol. The highest BCUT2D eigenvalue weighted by Gasteiger charge is 2.23. The topological polar surface area (TPSA) is 81.2 Å². The lowest BCUT2D eigenvalue weighted by Gasteiger charge is -2.15. The molecule has 7 heteroatoms. The molecule has 0 spiro atoms. The quantitative estimate of drug-likeness (QED) is 0.708. The minimum atomic E-state index is -0.880. The molecule has 1 unspecified atom stereocenters.